The van der Waals surface area contributed by atoms with Gasteiger partial charge in [0, 0.05) is 16.1 Å². The van der Waals surface area contributed by atoms with E-state index in [0.717, 1.165) is 28.9 Å². The number of nitrogens with zero attached hydrogens (tertiary/aromatic N) is 2. The normalized spacial score (nSPS) is 11.5. The number of benzene rings is 2. The highest BCUT2D eigenvalue weighted by molar-refractivity contribution is 6.30. The smallest absolute Gasteiger partial charge is 0.425 e. The standard InChI is InChI=1S/C18H13ClF3N3O4/c19-13-5-6-14(28-15(26)8-23)11(7-13)9-25-17(27)29-16(24-25)10-1-3-12(4-2-10)18(20,21)22/h1-7H,8-9,23H2. The van der Waals surface area contributed by atoms with Crippen molar-refractivity contribution >= 4 is 17.6 Å². The fourth-order valence-electron chi connectivity index (χ4n) is 2.42. The molecule has 1 heterocycles. The largest absolute Gasteiger partial charge is 0.437 e. The Morgan fingerprint density at radius 1 is 1.21 bits per heavy atom. The van der Waals surface area contributed by atoms with E-state index in [2.05, 4.69) is 5.10 Å². The highest BCUT2D eigenvalue weighted by atomic mass is 35.5. The third-order valence-electron chi connectivity index (χ3n) is 3.80. The van der Waals surface area contributed by atoms with Crippen LogP contribution in [0.5, 0.6) is 5.75 Å². The molecule has 7 nitrogen and oxygen atoms in total. The lowest BCUT2D eigenvalue weighted by molar-refractivity contribution is -0.137. The van der Waals surface area contributed by atoms with Crippen LogP contribution in [0, 0.1) is 0 Å². The van der Waals surface area contributed by atoms with E-state index in [9.17, 15) is 22.8 Å². The fourth-order valence-corrected chi connectivity index (χ4v) is 2.62. The van der Waals surface area contributed by atoms with Gasteiger partial charge >= 0.3 is 17.9 Å². The first-order valence-electron chi connectivity index (χ1n) is 8.12. The molecule has 29 heavy (non-hydrogen) atoms. The van der Waals surface area contributed by atoms with Crippen molar-refractivity contribution in [2.24, 2.45) is 5.73 Å². The van der Waals surface area contributed by atoms with E-state index in [-0.39, 0.29) is 30.3 Å². The topological polar surface area (TPSA) is 100 Å². The summed E-state index contributed by atoms with van der Waals surface area (Å²) in [6, 6.07) is 8.40. The van der Waals surface area contributed by atoms with E-state index in [4.69, 9.17) is 26.5 Å². The van der Waals surface area contributed by atoms with E-state index in [1.165, 1.54) is 18.2 Å². The molecule has 0 bridgehead atoms. The summed E-state index contributed by atoms with van der Waals surface area (Å²) in [7, 11) is 0. The van der Waals surface area contributed by atoms with Gasteiger partial charge < -0.3 is 14.9 Å². The summed E-state index contributed by atoms with van der Waals surface area (Å²) in [6.45, 7) is -0.499. The monoisotopic (exact) mass is 427 g/mol. The number of hydrogen-bond donors (Lipinski definition) is 1. The highest BCUT2D eigenvalue weighted by Crippen LogP contribution is 2.30. The minimum absolute atomic E-state index is 0.135. The third-order valence-corrected chi connectivity index (χ3v) is 4.03. The number of rotatable bonds is 5. The maximum Gasteiger partial charge on any atom is 0.437 e. The molecule has 0 radical (unpaired) electrons. The predicted molar refractivity (Wildman–Crippen MR) is 96.4 cm³/mol. The van der Waals surface area contributed by atoms with Gasteiger partial charge in [-0.05, 0) is 42.5 Å². The van der Waals surface area contributed by atoms with Gasteiger partial charge in [-0.3, -0.25) is 4.79 Å². The first kappa shape index (κ1) is 20.6. The number of aromatic nitrogens is 2. The molecule has 0 fully saturated rings. The Kier molecular flexibility index (Phi) is 5.76. The number of ether oxygens (including phenoxy) is 1. The molecule has 0 aliphatic rings. The lowest BCUT2D eigenvalue weighted by atomic mass is 10.1. The Labute approximate surface area is 166 Å². The maximum atomic E-state index is 12.7. The second kappa shape index (κ2) is 8.10. The van der Waals surface area contributed by atoms with Crippen LogP contribution in [-0.2, 0) is 17.5 Å². The van der Waals surface area contributed by atoms with E-state index in [1.807, 2.05) is 0 Å². The fraction of sp³-hybridized carbons (Fsp3) is 0.167. The summed E-state index contributed by atoms with van der Waals surface area (Å²) < 4.78 is 49.1. The van der Waals surface area contributed by atoms with E-state index in [1.54, 1.807) is 0 Å². The molecule has 0 spiro atoms. The lowest BCUT2D eigenvalue weighted by Crippen LogP contribution is -2.21. The molecular weight excluding hydrogens is 415 g/mol. The molecule has 0 aliphatic heterocycles. The first-order valence-corrected chi connectivity index (χ1v) is 8.50. The summed E-state index contributed by atoms with van der Waals surface area (Å²) in [6.07, 6.45) is -4.48. The molecule has 3 rings (SSSR count). The van der Waals surface area contributed by atoms with Crippen LogP contribution in [0.25, 0.3) is 11.5 Å². The van der Waals surface area contributed by atoms with Crippen LogP contribution in [-0.4, -0.2) is 22.3 Å². The van der Waals surface area contributed by atoms with Crippen LogP contribution in [0.15, 0.2) is 51.7 Å². The van der Waals surface area contributed by atoms with Crippen molar-refractivity contribution < 1.29 is 27.1 Å². The van der Waals surface area contributed by atoms with Crippen molar-refractivity contribution in [1.82, 2.24) is 9.78 Å². The zero-order valence-corrected chi connectivity index (χ0v) is 15.3. The number of carbonyl (C=O) groups is 1. The SMILES string of the molecule is NCC(=O)Oc1ccc(Cl)cc1Cn1nc(-c2ccc(C(F)(F)F)cc2)oc1=O. The van der Waals surface area contributed by atoms with E-state index >= 15 is 0 Å². The third kappa shape index (κ3) is 4.84. The van der Waals surface area contributed by atoms with Crippen molar-refractivity contribution in [1.29, 1.82) is 0 Å². The molecule has 2 N–H and O–H groups in total. The minimum Gasteiger partial charge on any atom is -0.425 e. The predicted octanol–water partition coefficient (Wildman–Crippen LogP) is 3.09. The Balaban J connectivity index is 1.89. The first-order chi connectivity index (χ1) is 13.7. The van der Waals surface area contributed by atoms with Crippen LogP contribution in [0.4, 0.5) is 13.2 Å². The number of halogens is 4. The molecular formula is C18H13ClF3N3O4. The number of nitrogens with two attached hydrogens (primary N) is 1. The second-order valence-electron chi connectivity index (χ2n) is 5.84. The molecule has 0 unspecified atom stereocenters. The summed E-state index contributed by atoms with van der Waals surface area (Å²) in [5, 5.41) is 4.31. The Hall–Kier alpha value is -3.11. The molecule has 0 saturated heterocycles. The zero-order valence-electron chi connectivity index (χ0n) is 14.6. The molecule has 1 aromatic heterocycles. The number of hydrogen-bond acceptors (Lipinski definition) is 6. The average Bonchev–Trinajstić information content (AvgIpc) is 3.03. The summed E-state index contributed by atoms with van der Waals surface area (Å²) in [5.74, 6) is -1.57. The van der Waals surface area contributed by atoms with Gasteiger partial charge in [0.2, 0.25) is 5.89 Å². The zero-order chi connectivity index (χ0) is 21.2. The summed E-state index contributed by atoms with van der Waals surface area (Å²) in [4.78, 5) is 23.6. The lowest BCUT2D eigenvalue weighted by Gasteiger charge is -2.09. The summed E-state index contributed by atoms with van der Waals surface area (Å²) >= 11 is 5.96. The van der Waals surface area contributed by atoms with Crippen LogP contribution >= 0.6 is 11.6 Å². The van der Waals surface area contributed by atoms with Crippen molar-refractivity contribution in [2.45, 2.75) is 12.7 Å². The Morgan fingerprint density at radius 3 is 2.52 bits per heavy atom. The number of esters is 1. The average molecular weight is 428 g/mol. The van der Waals surface area contributed by atoms with Gasteiger partial charge in [0.15, 0.2) is 0 Å². The molecule has 11 heteroatoms. The number of carbonyl (C=O) groups excluding carboxylic acids is 1. The van der Waals surface area contributed by atoms with Crippen molar-refractivity contribution in [3.63, 3.8) is 0 Å². The molecule has 0 saturated carbocycles. The molecule has 0 atom stereocenters. The molecule has 152 valence electrons. The van der Waals surface area contributed by atoms with E-state index < -0.39 is 23.5 Å². The van der Waals surface area contributed by atoms with Crippen LogP contribution in [0.1, 0.15) is 11.1 Å². The van der Waals surface area contributed by atoms with Gasteiger partial charge in [-0.2, -0.15) is 17.9 Å². The van der Waals surface area contributed by atoms with Crippen LogP contribution in [0.3, 0.4) is 0 Å². The molecule has 2 aromatic carbocycles. The highest BCUT2D eigenvalue weighted by Gasteiger charge is 2.30. The van der Waals surface area contributed by atoms with Gasteiger partial charge in [-0.1, -0.05) is 11.6 Å². The maximum absolute atomic E-state index is 12.7. The van der Waals surface area contributed by atoms with Crippen molar-refractivity contribution in [3.05, 3.63) is 69.2 Å². The van der Waals surface area contributed by atoms with Crippen LogP contribution < -0.4 is 16.2 Å². The van der Waals surface area contributed by atoms with Gasteiger partial charge in [-0.15, -0.1) is 5.10 Å². The molecule has 0 amide bonds. The van der Waals surface area contributed by atoms with Gasteiger partial charge in [0.05, 0.1) is 18.7 Å². The van der Waals surface area contributed by atoms with Gasteiger partial charge in [0.25, 0.3) is 0 Å². The Morgan fingerprint density at radius 2 is 1.90 bits per heavy atom. The molecule has 0 aliphatic carbocycles. The van der Waals surface area contributed by atoms with Gasteiger partial charge in [0.1, 0.15) is 5.75 Å². The second-order valence-corrected chi connectivity index (χ2v) is 6.27. The van der Waals surface area contributed by atoms with Crippen molar-refractivity contribution in [2.75, 3.05) is 6.54 Å². The molecule has 3 aromatic rings. The Bertz CT molecular complexity index is 1090. The summed E-state index contributed by atoms with van der Waals surface area (Å²) in [5.41, 5.74) is 4.93. The van der Waals surface area contributed by atoms with Gasteiger partial charge in [-0.25, -0.2) is 4.79 Å². The number of alkyl halides is 3. The quantitative estimate of drug-likeness (QED) is 0.496. The minimum atomic E-state index is -4.48. The van der Waals surface area contributed by atoms with Crippen LogP contribution in [0.2, 0.25) is 5.02 Å². The van der Waals surface area contributed by atoms with Crippen molar-refractivity contribution in [3.8, 4) is 17.2 Å². The van der Waals surface area contributed by atoms with E-state index in [0.29, 0.717) is 10.6 Å².